The number of fused-ring (bicyclic) bond motifs is 4. The van der Waals surface area contributed by atoms with Crippen LogP contribution < -0.4 is 9.47 Å². The molecule has 228 valence electrons. The lowest BCUT2D eigenvalue weighted by atomic mass is 9.85. The van der Waals surface area contributed by atoms with Crippen LogP contribution in [0.1, 0.15) is 41.3 Å². The Balaban J connectivity index is 1.19. The van der Waals surface area contributed by atoms with E-state index in [1.54, 1.807) is 19.1 Å². The van der Waals surface area contributed by atoms with Crippen LogP contribution in [0.15, 0.2) is 60.7 Å². The van der Waals surface area contributed by atoms with Gasteiger partial charge in [0.15, 0.2) is 0 Å². The van der Waals surface area contributed by atoms with Gasteiger partial charge < -0.3 is 24.3 Å². The van der Waals surface area contributed by atoms with Gasteiger partial charge in [-0.1, -0.05) is 47.5 Å². The van der Waals surface area contributed by atoms with Gasteiger partial charge in [-0.2, -0.15) is 0 Å². The Kier molecular flexibility index (Phi) is 7.69. The van der Waals surface area contributed by atoms with Crippen molar-refractivity contribution in [3.8, 4) is 11.5 Å². The normalized spacial score (nSPS) is 21.0. The summed E-state index contributed by atoms with van der Waals surface area (Å²) in [4.78, 5) is 38.1. The number of aromatic amines is 1. The molecule has 0 radical (unpaired) electrons. The Bertz CT molecular complexity index is 1730. The number of H-pyrrole nitrogens is 1. The molecular formula is C34H34Cl2N4O4. The molecule has 0 bridgehead atoms. The molecule has 2 saturated heterocycles. The van der Waals surface area contributed by atoms with E-state index in [0.29, 0.717) is 34.5 Å². The van der Waals surface area contributed by atoms with Crippen LogP contribution in [0.25, 0.3) is 10.9 Å². The van der Waals surface area contributed by atoms with Gasteiger partial charge in [0.1, 0.15) is 30.1 Å². The first-order chi connectivity index (χ1) is 21.4. The molecule has 3 aliphatic heterocycles. The van der Waals surface area contributed by atoms with Gasteiger partial charge in [-0.25, -0.2) is 0 Å². The summed E-state index contributed by atoms with van der Waals surface area (Å²) in [5, 5.41) is 2.39. The fourth-order valence-electron chi connectivity index (χ4n) is 7.26. The number of piperazine rings is 1. The smallest absolute Gasteiger partial charge is 0.246 e. The molecule has 0 unspecified atom stereocenters. The van der Waals surface area contributed by atoms with Crippen LogP contribution in [0.2, 0.25) is 10.0 Å². The van der Waals surface area contributed by atoms with Gasteiger partial charge in [-0.3, -0.25) is 14.5 Å². The first-order valence-corrected chi connectivity index (χ1v) is 15.7. The van der Waals surface area contributed by atoms with Gasteiger partial charge in [0.25, 0.3) is 0 Å². The number of methoxy groups -OCH3 is 2. The molecule has 10 heteroatoms. The fourth-order valence-corrected chi connectivity index (χ4v) is 7.78. The van der Waals surface area contributed by atoms with E-state index in [1.807, 2.05) is 59.5 Å². The van der Waals surface area contributed by atoms with Crippen LogP contribution >= 0.6 is 23.2 Å². The molecule has 4 heterocycles. The van der Waals surface area contributed by atoms with Crippen molar-refractivity contribution in [2.75, 3.05) is 33.9 Å². The largest absolute Gasteiger partial charge is 0.497 e. The van der Waals surface area contributed by atoms with E-state index in [0.717, 1.165) is 59.2 Å². The van der Waals surface area contributed by atoms with E-state index >= 15 is 0 Å². The Hall–Kier alpha value is -3.72. The molecule has 8 nitrogen and oxygen atoms in total. The van der Waals surface area contributed by atoms with Gasteiger partial charge in [0.05, 0.1) is 14.2 Å². The Morgan fingerprint density at radius 1 is 0.932 bits per heavy atom. The number of carbonyl (C=O) groups is 2. The van der Waals surface area contributed by atoms with Crippen LogP contribution in [-0.2, 0) is 22.6 Å². The van der Waals surface area contributed by atoms with Gasteiger partial charge in [0.2, 0.25) is 11.8 Å². The van der Waals surface area contributed by atoms with Crippen LogP contribution in [-0.4, -0.2) is 77.4 Å². The number of aromatic nitrogens is 1. The van der Waals surface area contributed by atoms with Gasteiger partial charge in [-0.15, -0.1) is 0 Å². The van der Waals surface area contributed by atoms with E-state index in [-0.39, 0.29) is 24.4 Å². The number of para-hydroxylation sites is 1. The van der Waals surface area contributed by atoms with Crippen molar-refractivity contribution in [2.45, 2.75) is 43.9 Å². The minimum absolute atomic E-state index is 0.00519. The molecule has 7 rings (SSSR count). The highest BCUT2D eigenvalue weighted by atomic mass is 35.5. The van der Waals surface area contributed by atoms with Crippen molar-refractivity contribution < 1.29 is 19.1 Å². The SMILES string of the molecule is COc1ccc([C@@H]2c3[nH]c4ccccc4c3C[C@H]3C(=O)N(C4CCN(Cc5c(Cl)cccc5Cl)CC4)CC(=O)N23)c(OC)c1. The predicted octanol–water partition coefficient (Wildman–Crippen LogP) is 5.84. The molecule has 1 aromatic heterocycles. The summed E-state index contributed by atoms with van der Waals surface area (Å²) < 4.78 is 11.3. The number of benzene rings is 3. The van der Waals surface area contributed by atoms with Crippen molar-refractivity contribution in [2.24, 2.45) is 0 Å². The van der Waals surface area contributed by atoms with Crippen LogP contribution in [0, 0.1) is 0 Å². The van der Waals surface area contributed by atoms with Crippen LogP contribution in [0.5, 0.6) is 11.5 Å². The molecule has 44 heavy (non-hydrogen) atoms. The third-order valence-corrected chi connectivity index (χ3v) is 10.2. The summed E-state index contributed by atoms with van der Waals surface area (Å²) in [6, 6.07) is 18.2. The molecule has 3 aliphatic rings. The molecule has 2 amide bonds. The number of carbonyl (C=O) groups excluding carboxylic acids is 2. The molecule has 0 spiro atoms. The van der Waals surface area contributed by atoms with Crippen molar-refractivity contribution in [1.82, 2.24) is 19.7 Å². The Morgan fingerprint density at radius 3 is 2.41 bits per heavy atom. The second kappa shape index (κ2) is 11.7. The quantitative estimate of drug-likeness (QED) is 0.289. The number of amides is 2. The summed E-state index contributed by atoms with van der Waals surface area (Å²) in [5.74, 6) is 1.20. The highest BCUT2D eigenvalue weighted by Crippen LogP contribution is 2.46. The monoisotopic (exact) mass is 632 g/mol. The molecule has 1 N–H and O–H groups in total. The fraction of sp³-hybridized carbons (Fsp3) is 0.353. The lowest BCUT2D eigenvalue weighted by Crippen LogP contribution is -2.65. The van der Waals surface area contributed by atoms with Crippen molar-refractivity contribution >= 4 is 45.9 Å². The maximum Gasteiger partial charge on any atom is 0.246 e. The number of hydrogen-bond acceptors (Lipinski definition) is 5. The maximum atomic E-state index is 14.4. The molecule has 3 aromatic carbocycles. The lowest BCUT2D eigenvalue weighted by Gasteiger charge is -2.49. The standard InChI is InChI=1S/C34H34Cl2N4O4/c1-43-21-10-11-23(30(16-21)44-2)33-32-24(22-6-3-4-9-28(22)37-32)17-29-34(42)39(19-31(41)40(29)33)20-12-14-38(15-13-20)18-25-26(35)7-5-8-27(25)36/h3-11,16,20,29,33,37H,12-15,17-19H2,1-2H3/t29-,33+/m0/s1. The first kappa shape index (κ1) is 29.0. The van der Waals surface area contributed by atoms with E-state index in [2.05, 4.69) is 16.0 Å². The number of halogens is 2. The number of ether oxygens (including phenoxy) is 2. The summed E-state index contributed by atoms with van der Waals surface area (Å²) in [6.45, 7) is 2.29. The Morgan fingerprint density at radius 2 is 1.68 bits per heavy atom. The zero-order valence-electron chi connectivity index (χ0n) is 24.7. The second-order valence-corrected chi connectivity index (χ2v) is 12.6. The average Bonchev–Trinajstić information content (AvgIpc) is 3.42. The predicted molar refractivity (Wildman–Crippen MR) is 170 cm³/mol. The number of nitrogens with one attached hydrogen (secondary N) is 1. The molecule has 2 atom stereocenters. The van der Waals surface area contributed by atoms with E-state index in [9.17, 15) is 9.59 Å². The number of nitrogens with zero attached hydrogens (tertiary/aromatic N) is 3. The van der Waals surface area contributed by atoms with Crippen molar-refractivity contribution in [3.05, 3.63) is 93.1 Å². The minimum Gasteiger partial charge on any atom is -0.497 e. The highest BCUT2D eigenvalue weighted by molar-refractivity contribution is 6.36. The molecule has 0 aliphatic carbocycles. The van der Waals surface area contributed by atoms with Gasteiger partial charge in [-0.05, 0) is 48.7 Å². The van der Waals surface area contributed by atoms with E-state index < -0.39 is 12.1 Å². The van der Waals surface area contributed by atoms with Crippen molar-refractivity contribution in [3.63, 3.8) is 0 Å². The van der Waals surface area contributed by atoms with E-state index in [1.165, 1.54) is 0 Å². The average molecular weight is 634 g/mol. The number of hydrogen-bond donors (Lipinski definition) is 1. The summed E-state index contributed by atoms with van der Waals surface area (Å²) in [6.07, 6.45) is 2.02. The summed E-state index contributed by atoms with van der Waals surface area (Å²) in [5.41, 5.74) is 4.71. The van der Waals surface area contributed by atoms with Crippen molar-refractivity contribution in [1.29, 1.82) is 0 Å². The minimum atomic E-state index is -0.611. The molecule has 2 fully saturated rings. The van der Waals surface area contributed by atoms with Crippen LogP contribution in [0.3, 0.4) is 0 Å². The number of rotatable bonds is 6. The topological polar surface area (TPSA) is 78.1 Å². The zero-order chi connectivity index (χ0) is 30.5. The van der Waals surface area contributed by atoms with Crippen LogP contribution in [0.4, 0.5) is 0 Å². The summed E-state index contributed by atoms with van der Waals surface area (Å²) in [7, 11) is 3.22. The summed E-state index contributed by atoms with van der Waals surface area (Å²) >= 11 is 12.9. The first-order valence-electron chi connectivity index (χ1n) is 15.0. The van der Waals surface area contributed by atoms with E-state index in [4.69, 9.17) is 32.7 Å². The highest BCUT2D eigenvalue weighted by Gasteiger charge is 2.50. The maximum absolute atomic E-state index is 14.4. The third kappa shape index (κ3) is 4.89. The molecular weight excluding hydrogens is 599 g/mol. The lowest BCUT2D eigenvalue weighted by molar-refractivity contribution is -0.161. The third-order valence-electron chi connectivity index (χ3n) is 9.47. The second-order valence-electron chi connectivity index (χ2n) is 11.8. The molecule has 0 saturated carbocycles. The number of piperidine rings is 1. The molecule has 4 aromatic rings. The van der Waals surface area contributed by atoms with Gasteiger partial charge in [0, 0.05) is 75.9 Å². The Labute approximate surface area is 266 Å². The van der Waals surface area contributed by atoms with Gasteiger partial charge >= 0.3 is 0 Å². The zero-order valence-corrected chi connectivity index (χ0v) is 26.2. The number of likely N-dealkylation sites (tertiary alicyclic amines) is 1.